The number of aromatic nitrogens is 1. The molecule has 24 heavy (non-hydrogen) atoms. The first kappa shape index (κ1) is 16.1. The van der Waals surface area contributed by atoms with Crippen LogP contribution in [0, 0.1) is 0 Å². The number of ether oxygens (including phenoxy) is 1. The number of aromatic carboxylic acids is 1. The maximum atomic E-state index is 12.0. The summed E-state index contributed by atoms with van der Waals surface area (Å²) in [7, 11) is 1.59. The molecule has 1 aromatic heterocycles. The van der Waals surface area contributed by atoms with Gasteiger partial charge in [-0.3, -0.25) is 0 Å². The molecule has 0 saturated heterocycles. The lowest BCUT2D eigenvalue weighted by Crippen LogP contribution is -2.09. The first-order valence-corrected chi connectivity index (χ1v) is 8.00. The molecular formula is C20H21NO3. The molecule has 1 heterocycles. The number of carbonyl (C=O) groups is 1. The van der Waals surface area contributed by atoms with Gasteiger partial charge < -0.3 is 14.4 Å². The Kier molecular flexibility index (Phi) is 4.30. The van der Waals surface area contributed by atoms with Crippen LogP contribution in [0.1, 0.15) is 41.4 Å². The number of fused-ring (bicyclic) bond motifs is 1. The Hall–Kier alpha value is -2.75. The summed E-state index contributed by atoms with van der Waals surface area (Å²) in [5.41, 5.74) is 3.27. The van der Waals surface area contributed by atoms with E-state index < -0.39 is 5.97 Å². The van der Waals surface area contributed by atoms with Gasteiger partial charge in [-0.2, -0.15) is 0 Å². The summed E-state index contributed by atoms with van der Waals surface area (Å²) in [6.45, 7) is 4.70. The lowest BCUT2D eigenvalue weighted by atomic mass is 10.0. The minimum Gasteiger partial charge on any atom is -0.497 e. The van der Waals surface area contributed by atoms with Gasteiger partial charge in [0.2, 0.25) is 0 Å². The van der Waals surface area contributed by atoms with Crippen LogP contribution in [0.15, 0.2) is 48.5 Å². The summed E-state index contributed by atoms with van der Waals surface area (Å²) in [5, 5.41) is 10.5. The van der Waals surface area contributed by atoms with Crippen molar-refractivity contribution in [3.63, 3.8) is 0 Å². The van der Waals surface area contributed by atoms with E-state index in [0.717, 1.165) is 22.2 Å². The predicted molar refractivity (Wildman–Crippen MR) is 95.1 cm³/mol. The van der Waals surface area contributed by atoms with E-state index >= 15 is 0 Å². The third-order valence-corrected chi connectivity index (χ3v) is 4.26. The molecule has 4 heteroatoms. The third kappa shape index (κ3) is 2.75. The van der Waals surface area contributed by atoms with Crippen molar-refractivity contribution in [2.24, 2.45) is 0 Å². The molecule has 0 amide bonds. The summed E-state index contributed by atoms with van der Waals surface area (Å²) in [6, 6.07) is 15.7. The Balaban J connectivity index is 2.29. The third-order valence-electron chi connectivity index (χ3n) is 4.26. The number of carboxylic acids is 1. The maximum Gasteiger partial charge on any atom is 0.338 e. The molecule has 0 spiro atoms. The number of rotatable bonds is 5. The van der Waals surface area contributed by atoms with Gasteiger partial charge in [0.15, 0.2) is 0 Å². The van der Waals surface area contributed by atoms with Crippen LogP contribution in [-0.2, 0) is 6.54 Å². The van der Waals surface area contributed by atoms with Crippen molar-refractivity contribution >= 4 is 16.9 Å². The summed E-state index contributed by atoms with van der Waals surface area (Å²) < 4.78 is 7.39. The molecule has 0 bridgehead atoms. The molecular weight excluding hydrogens is 302 g/mol. The average molecular weight is 323 g/mol. The second-order valence-electron chi connectivity index (χ2n) is 6.17. The summed E-state index contributed by atoms with van der Waals surface area (Å²) in [5.74, 6) is -0.140. The average Bonchev–Trinajstić information content (AvgIpc) is 2.89. The van der Waals surface area contributed by atoms with E-state index in [4.69, 9.17) is 4.74 Å². The number of carboxylic acid groups (broad SMARTS) is 1. The molecule has 124 valence electrons. The van der Waals surface area contributed by atoms with Crippen molar-refractivity contribution < 1.29 is 14.6 Å². The number of methoxy groups -OCH3 is 1. The zero-order valence-electron chi connectivity index (χ0n) is 14.1. The Labute approximate surface area is 141 Å². The molecule has 3 aromatic rings. The molecule has 0 aliphatic heterocycles. The Morgan fingerprint density at radius 3 is 2.46 bits per heavy atom. The van der Waals surface area contributed by atoms with Gasteiger partial charge in [-0.1, -0.05) is 44.2 Å². The van der Waals surface area contributed by atoms with Gasteiger partial charge in [0.1, 0.15) is 5.75 Å². The van der Waals surface area contributed by atoms with Gasteiger partial charge in [0.05, 0.1) is 12.7 Å². The largest absolute Gasteiger partial charge is 0.497 e. The number of nitrogens with zero attached hydrogens (tertiary/aromatic N) is 1. The molecule has 2 aromatic carbocycles. The number of benzene rings is 2. The van der Waals surface area contributed by atoms with E-state index in [1.54, 1.807) is 7.11 Å². The molecule has 0 atom stereocenters. The normalized spacial score (nSPS) is 11.2. The molecule has 1 N–H and O–H groups in total. The van der Waals surface area contributed by atoms with Crippen molar-refractivity contribution in [1.29, 1.82) is 0 Å². The number of hydrogen-bond acceptors (Lipinski definition) is 2. The van der Waals surface area contributed by atoms with Crippen LogP contribution in [0.2, 0.25) is 0 Å². The smallest absolute Gasteiger partial charge is 0.338 e. The molecule has 0 radical (unpaired) electrons. The Bertz CT molecular complexity index is 879. The minimum absolute atomic E-state index is 0.0956. The molecule has 0 unspecified atom stereocenters. The summed E-state index contributed by atoms with van der Waals surface area (Å²) in [6.07, 6.45) is 0. The van der Waals surface area contributed by atoms with Crippen LogP contribution in [0.4, 0.5) is 0 Å². The van der Waals surface area contributed by atoms with Crippen LogP contribution < -0.4 is 4.74 Å². The number of hydrogen-bond donors (Lipinski definition) is 1. The SMILES string of the molecule is COc1ccc2c(c1)c(C(=O)O)c(C(C)C)n2Cc1ccccc1. The molecule has 4 nitrogen and oxygen atoms in total. The molecule has 0 saturated carbocycles. The fraction of sp³-hybridized carbons (Fsp3) is 0.250. The second kappa shape index (κ2) is 6.40. The van der Waals surface area contributed by atoms with Crippen molar-refractivity contribution in [2.75, 3.05) is 7.11 Å². The van der Waals surface area contributed by atoms with Crippen molar-refractivity contribution in [1.82, 2.24) is 4.57 Å². The van der Waals surface area contributed by atoms with Crippen molar-refractivity contribution in [2.45, 2.75) is 26.3 Å². The lowest BCUT2D eigenvalue weighted by Gasteiger charge is -2.14. The second-order valence-corrected chi connectivity index (χ2v) is 6.17. The maximum absolute atomic E-state index is 12.0. The lowest BCUT2D eigenvalue weighted by molar-refractivity contribution is 0.0697. The van der Waals surface area contributed by atoms with Crippen LogP contribution in [0.25, 0.3) is 10.9 Å². The summed E-state index contributed by atoms with van der Waals surface area (Å²) in [4.78, 5) is 12.0. The van der Waals surface area contributed by atoms with Crippen LogP contribution in [0.3, 0.4) is 0 Å². The highest BCUT2D eigenvalue weighted by Gasteiger charge is 2.24. The fourth-order valence-electron chi connectivity index (χ4n) is 3.24. The van der Waals surface area contributed by atoms with Crippen molar-refractivity contribution in [3.8, 4) is 5.75 Å². The fourth-order valence-corrected chi connectivity index (χ4v) is 3.24. The van der Waals surface area contributed by atoms with Gasteiger partial charge in [-0.05, 0) is 29.7 Å². The van der Waals surface area contributed by atoms with Gasteiger partial charge in [0, 0.05) is 23.1 Å². The van der Waals surface area contributed by atoms with E-state index in [1.807, 2.05) is 50.2 Å². The first-order valence-electron chi connectivity index (χ1n) is 8.00. The van der Waals surface area contributed by atoms with E-state index in [9.17, 15) is 9.90 Å². The first-order chi connectivity index (χ1) is 11.5. The van der Waals surface area contributed by atoms with Gasteiger partial charge >= 0.3 is 5.97 Å². The Morgan fingerprint density at radius 2 is 1.88 bits per heavy atom. The quantitative estimate of drug-likeness (QED) is 0.751. The molecule has 0 aliphatic rings. The minimum atomic E-state index is -0.899. The predicted octanol–water partition coefficient (Wildman–Crippen LogP) is 4.52. The molecule has 3 rings (SSSR count). The van der Waals surface area contributed by atoms with E-state index in [-0.39, 0.29) is 5.92 Å². The van der Waals surface area contributed by atoms with Crippen LogP contribution >= 0.6 is 0 Å². The van der Waals surface area contributed by atoms with Gasteiger partial charge in [-0.15, -0.1) is 0 Å². The highest BCUT2D eigenvalue weighted by molar-refractivity contribution is 6.05. The highest BCUT2D eigenvalue weighted by Crippen LogP contribution is 2.34. The van der Waals surface area contributed by atoms with E-state index in [0.29, 0.717) is 17.9 Å². The van der Waals surface area contributed by atoms with E-state index in [1.165, 1.54) is 0 Å². The van der Waals surface area contributed by atoms with Crippen LogP contribution in [0.5, 0.6) is 5.75 Å². The van der Waals surface area contributed by atoms with E-state index in [2.05, 4.69) is 16.7 Å². The Morgan fingerprint density at radius 1 is 1.17 bits per heavy atom. The van der Waals surface area contributed by atoms with Gasteiger partial charge in [0.25, 0.3) is 0 Å². The van der Waals surface area contributed by atoms with Crippen LogP contribution in [-0.4, -0.2) is 22.8 Å². The topological polar surface area (TPSA) is 51.5 Å². The van der Waals surface area contributed by atoms with Crippen molar-refractivity contribution in [3.05, 3.63) is 65.4 Å². The molecule has 0 fully saturated rings. The monoisotopic (exact) mass is 323 g/mol. The zero-order valence-corrected chi connectivity index (χ0v) is 14.1. The van der Waals surface area contributed by atoms with Gasteiger partial charge in [-0.25, -0.2) is 4.79 Å². The zero-order chi connectivity index (χ0) is 17.3. The summed E-state index contributed by atoms with van der Waals surface area (Å²) >= 11 is 0. The molecule has 0 aliphatic carbocycles. The highest BCUT2D eigenvalue weighted by atomic mass is 16.5. The standard InChI is InChI=1S/C20H21NO3/c1-13(2)19-18(20(22)23)16-11-15(24-3)9-10-17(16)21(19)12-14-7-5-4-6-8-14/h4-11,13H,12H2,1-3H3,(H,22,23).